The van der Waals surface area contributed by atoms with Crippen molar-refractivity contribution in [1.29, 1.82) is 0 Å². The Kier molecular flexibility index (Phi) is 5.57. The van der Waals surface area contributed by atoms with Gasteiger partial charge < -0.3 is 15.4 Å². The molecule has 20 heavy (non-hydrogen) atoms. The summed E-state index contributed by atoms with van der Waals surface area (Å²) in [6.07, 6.45) is 0. The summed E-state index contributed by atoms with van der Waals surface area (Å²) < 4.78 is 30.3. The van der Waals surface area contributed by atoms with Gasteiger partial charge in [0.05, 0.1) is 13.7 Å². The number of carbonyl (C=O) groups excluding carboxylic acids is 2. The van der Waals surface area contributed by atoms with Crippen LogP contribution in [0.15, 0.2) is 24.3 Å². The van der Waals surface area contributed by atoms with Crippen molar-refractivity contribution in [2.75, 3.05) is 20.7 Å². The third-order valence-corrected chi connectivity index (χ3v) is 2.55. The first-order chi connectivity index (χ1) is 9.40. The van der Waals surface area contributed by atoms with Crippen molar-refractivity contribution in [2.45, 2.75) is 12.5 Å². The lowest BCUT2D eigenvalue weighted by molar-refractivity contribution is -0.167. The molecule has 0 heterocycles. The molecule has 0 saturated heterocycles. The van der Waals surface area contributed by atoms with Crippen LogP contribution < -0.4 is 10.6 Å². The van der Waals surface area contributed by atoms with Gasteiger partial charge in [-0.2, -0.15) is 8.78 Å². The van der Waals surface area contributed by atoms with Crippen LogP contribution in [0.5, 0.6) is 0 Å². The Morgan fingerprint density at radius 2 is 1.85 bits per heavy atom. The molecule has 0 fully saturated rings. The molecule has 0 radical (unpaired) electrons. The maximum Gasteiger partial charge on any atom is 0.378 e. The molecule has 0 atom stereocenters. The standard InChI is InChI=1S/C13H16F2N2O3/c1-16-7-9-3-5-10(6-4-9)11(18)17-8-13(14,15)12(19)20-2/h3-6,16H,7-8H2,1-2H3,(H,17,18). The number of rotatable bonds is 6. The van der Waals surface area contributed by atoms with E-state index in [1.54, 1.807) is 19.2 Å². The first kappa shape index (κ1) is 16.0. The third-order valence-electron chi connectivity index (χ3n) is 2.55. The van der Waals surface area contributed by atoms with Gasteiger partial charge in [-0.15, -0.1) is 0 Å². The molecule has 0 bridgehead atoms. The van der Waals surface area contributed by atoms with Crippen molar-refractivity contribution in [2.24, 2.45) is 0 Å². The Hall–Kier alpha value is -2.02. The highest BCUT2D eigenvalue weighted by Gasteiger charge is 2.40. The monoisotopic (exact) mass is 286 g/mol. The van der Waals surface area contributed by atoms with Gasteiger partial charge in [0.15, 0.2) is 0 Å². The Labute approximate surface area is 115 Å². The summed E-state index contributed by atoms with van der Waals surface area (Å²) in [7, 11) is 2.65. The zero-order chi connectivity index (χ0) is 15.2. The van der Waals surface area contributed by atoms with Crippen molar-refractivity contribution in [3.8, 4) is 0 Å². The lowest BCUT2D eigenvalue weighted by Crippen LogP contribution is -2.42. The number of ether oxygens (including phenoxy) is 1. The molecule has 0 unspecified atom stereocenters. The van der Waals surface area contributed by atoms with Gasteiger partial charge in [0.2, 0.25) is 0 Å². The first-order valence-corrected chi connectivity index (χ1v) is 5.88. The molecule has 110 valence electrons. The van der Waals surface area contributed by atoms with E-state index in [1.165, 1.54) is 12.1 Å². The van der Waals surface area contributed by atoms with Crippen molar-refractivity contribution in [3.63, 3.8) is 0 Å². The number of alkyl halides is 2. The number of halogens is 2. The lowest BCUT2D eigenvalue weighted by Gasteiger charge is -2.14. The maximum absolute atomic E-state index is 13.2. The molecular weight excluding hydrogens is 270 g/mol. The summed E-state index contributed by atoms with van der Waals surface area (Å²) in [4.78, 5) is 22.4. The Morgan fingerprint density at radius 3 is 2.35 bits per heavy atom. The van der Waals surface area contributed by atoms with E-state index in [-0.39, 0.29) is 5.56 Å². The van der Waals surface area contributed by atoms with Crippen molar-refractivity contribution >= 4 is 11.9 Å². The maximum atomic E-state index is 13.2. The van der Waals surface area contributed by atoms with Gasteiger partial charge in [-0.3, -0.25) is 4.79 Å². The fourth-order valence-electron chi connectivity index (χ4n) is 1.49. The average Bonchev–Trinajstić information content (AvgIpc) is 2.45. The summed E-state index contributed by atoms with van der Waals surface area (Å²) >= 11 is 0. The molecule has 5 nitrogen and oxygen atoms in total. The van der Waals surface area contributed by atoms with E-state index in [9.17, 15) is 18.4 Å². The quantitative estimate of drug-likeness (QED) is 0.764. The lowest BCUT2D eigenvalue weighted by atomic mass is 10.1. The fraction of sp³-hybridized carbons (Fsp3) is 0.385. The molecule has 0 saturated carbocycles. The van der Waals surface area contributed by atoms with Gasteiger partial charge in [-0.1, -0.05) is 12.1 Å². The van der Waals surface area contributed by atoms with Crippen LogP contribution in [-0.2, 0) is 16.1 Å². The molecule has 1 aromatic carbocycles. The predicted octanol–water partition coefficient (Wildman–Crippen LogP) is 0.944. The van der Waals surface area contributed by atoms with E-state index in [0.29, 0.717) is 6.54 Å². The Bertz CT molecular complexity index is 475. The van der Waals surface area contributed by atoms with Gasteiger partial charge in [0.1, 0.15) is 0 Å². The normalized spacial score (nSPS) is 11.0. The highest BCUT2D eigenvalue weighted by Crippen LogP contribution is 2.14. The van der Waals surface area contributed by atoms with Gasteiger partial charge in [-0.25, -0.2) is 4.79 Å². The van der Waals surface area contributed by atoms with E-state index in [0.717, 1.165) is 12.7 Å². The van der Waals surface area contributed by atoms with E-state index in [2.05, 4.69) is 10.1 Å². The van der Waals surface area contributed by atoms with Crippen molar-refractivity contribution < 1.29 is 23.1 Å². The zero-order valence-electron chi connectivity index (χ0n) is 11.2. The van der Waals surface area contributed by atoms with Crippen molar-refractivity contribution in [1.82, 2.24) is 10.6 Å². The second-order valence-corrected chi connectivity index (χ2v) is 4.11. The van der Waals surface area contributed by atoms with Crippen LogP contribution in [0.25, 0.3) is 0 Å². The van der Waals surface area contributed by atoms with Crippen LogP contribution in [0.1, 0.15) is 15.9 Å². The molecule has 0 aromatic heterocycles. The molecule has 1 aromatic rings. The van der Waals surface area contributed by atoms with Gasteiger partial charge in [0.25, 0.3) is 5.91 Å². The number of hydrogen-bond donors (Lipinski definition) is 2. The highest BCUT2D eigenvalue weighted by molar-refractivity contribution is 5.94. The van der Waals surface area contributed by atoms with Crippen LogP contribution in [0, 0.1) is 0 Å². The molecule has 0 aliphatic rings. The topological polar surface area (TPSA) is 67.4 Å². The minimum Gasteiger partial charge on any atom is -0.465 e. The van der Waals surface area contributed by atoms with E-state index >= 15 is 0 Å². The number of amides is 1. The molecule has 7 heteroatoms. The number of benzene rings is 1. The third kappa shape index (κ3) is 4.27. The fourth-order valence-corrected chi connectivity index (χ4v) is 1.49. The van der Waals surface area contributed by atoms with Gasteiger partial charge in [0, 0.05) is 12.1 Å². The predicted molar refractivity (Wildman–Crippen MR) is 68.5 cm³/mol. The molecule has 0 aliphatic heterocycles. The minimum atomic E-state index is -3.74. The van der Waals surface area contributed by atoms with Crippen LogP contribution in [0.4, 0.5) is 8.78 Å². The van der Waals surface area contributed by atoms with Crippen LogP contribution in [-0.4, -0.2) is 38.5 Å². The number of nitrogens with one attached hydrogen (secondary N) is 2. The SMILES string of the molecule is CNCc1ccc(C(=O)NCC(F)(F)C(=O)OC)cc1. The molecule has 0 spiro atoms. The summed E-state index contributed by atoms with van der Waals surface area (Å²) in [5, 5.41) is 4.95. The number of carbonyl (C=O) groups is 2. The second-order valence-electron chi connectivity index (χ2n) is 4.11. The first-order valence-electron chi connectivity index (χ1n) is 5.88. The average molecular weight is 286 g/mol. The molecular formula is C13H16F2N2O3. The minimum absolute atomic E-state index is 0.241. The van der Waals surface area contributed by atoms with Crippen molar-refractivity contribution in [3.05, 3.63) is 35.4 Å². The molecule has 0 aliphatic carbocycles. The number of esters is 1. The molecule has 1 amide bonds. The number of methoxy groups -OCH3 is 1. The summed E-state index contributed by atoms with van der Waals surface area (Å²) in [5.41, 5.74) is 1.20. The van der Waals surface area contributed by atoms with Crippen LogP contribution in [0.3, 0.4) is 0 Å². The van der Waals surface area contributed by atoms with Crippen LogP contribution >= 0.6 is 0 Å². The highest BCUT2D eigenvalue weighted by atomic mass is 19.3. The summed E-state index contributed by atoms with van der Waals surface area (Å²) in [5.74, 6) is -6.09. The summed E-state index contributed by atoms with van der Waals surface area (Å²) in [6, 6.07) is 6.48. The number of hydrogen-bond acceptors (Lipinski definition) is 4. The Balaban J connectivity index is 2.61. The second kappa shape index (κ2) is 6.95. The van der Waals surface area contributed by atoms with Gasteiger partial charge >= 0.3 is 11.9 Å². The molecule has 2 N–H and O–H groups in total. The van der Waals surface area contributed by atoms with Crippen LogP contribution in [0.2, 0.25) is 0 Å². The molecule has 1 rings (SSSR count). The van der Waals surface area contributed by atoms with E-state index in [1.807, 2.05) is 5.32 Å². The Morgan fingerprint density at radius 1 is 1.25 bits per heavy atom. The van der Waals surface area contributed by atoms with E-state index < -0.39 is 24.3 Å². The zero-order valence-corrected chi connectivity index (χ0v) is 11.2. The smallest absolute Gasteiger partial charge is 0.378 e. The summed E-state index contributed by atoms with van der Waals surface area (Å²) in [6.45, 7) is -0.459. The largest absolute Gasteiger partial charge is 0.465 e. The van der Waals surface area contributed by atoms with Gasteiger partial charge in [-0.05, 0) is 24.7 Å². The van der Waals surface area contributed by atoms with E-state index in [4.69, 9.17) is 0 Å².